The van der Waals surface area contributed by atoms with Crippen LogP contribution in [-0.2, 0) is 32.6 Å². The molecule has 0 bridgehead atoms. The maximum absolute atomic E-state index is 14.5. The Bertz CT molecular complexity index is 1670. The maximum Gasteiger partial charge on any atom is 0.264 e. The average Bonchev–Trinajstić information content (AvgIpc) is 3.03. The van der Waals surface area contributed by atoms with Gasteiger partial charge in [0.05, 0.1) is 10.6 Å². The van der Waals surface area contributed by atoms with Gasteiger partial charge in [0.15, 0.2) is 0 Å². The smallest absolute Gasteiger partial charge is 0.264 e. The fourth-order valence-corrected chi connectivity index (χ4v) is 6.45. The van der Waals surface area contributed by atoms with E-state index in [1.54, 1.807) is 30.3 Å². The molecular weight excluding hydrogens is 570 g/mol. The standard InChI is InChI=1S/C36H41N3O4S/c1-5-22-37-36(41)34(24-30-15-8-6-9-16-30)38(25-31-17-13-12-14-28(31)3)35(40)26-39(32-21-20-27(2)29(4)23-32)44(42,43)33-18-10-7-11-19-33/h6-21,23,34H,5,22,24-26H2,1-4H3,(H,37,41). The molecule has 4 aromatic rings. The Hall–Kier alpha value is -4.43. The van der Waals surface area contributed by atoms with Crippen LogP contribution in [0.3, 0.4) is 0 Å². The Kier molecular flexibility index (Phi) is 11.0. The third-order valence-electron chi connectivity index (χ3n) is 7.81. The minimum Gasteiger partial charge on any atom is -0.354 e. The Balaban J connectivity index is 1.81. The minimum atomic E-state index is -4.13. The molecule has 0 aromatic heterocycles. The molecule has 0 aliphatic heterocycles. The molecule has 0 aliphatic carbocycles. The van der Waals surface area contributed by atoms with Crippen molar-refractivity contribution in [3.05, 3.63) is 131 Å². The summed E-state index contributed by atoms with van der Waals surface area (Å²) < 4.78 is 29.4. The zero-order valence-electron chi connectivity index (χ0n) is 25.9. The molecule has 1 N–H and O–H groups in total. The molecule has 0 saturated carbocycles. The highest BCUT2D eigenvalue weighted by molar-refractivity contribution is 7.92. The maximum atomic E-state index is 14.5. The lowest BCUT2D eigenvalue weighted by atomic mass is 10.0. The summed E-state index contributed by atoms with van der Waals surface area (Å²) >= 11 is 0. The highest BCUT2D eigenvalue weighted by Crippen LogP contribution is 2.27. The number of rotatable bonds is 13. The van der Waals surface area contributed by atoms with E-state index >= 15 is 0 Å². The van der Waals surface area contributed by atoms with Crippen molar-refractivity contribution in [3.63, 3.8) is 0 Å². The van der Waals surface area contributed by atoms with Crippen molar-refractivity contribution in [2.45, 2.75) is 58.0 Å². The fourth-order valence-electron chi connectivity index (χ4n) is 5.02. The minimum absolute atomic E-state index is 0.0815. The number of nitrogens with one attached hydrogen (secondary N) is 1. The lowest BCUT2D eigenvalue weighted by Gasteiger charge is -2.34. The molecule has 0 saturated heterocycles. The van der Waals surface area contributed by atoms with E-state index in [1.165, 1.54) is 17.0 Å². The summed E-state index contributed by atoms with van der Waals surface area (Å²) in [7, 11) is -4.13. The van der Waals surface area contributed by atoms with E-state index in [-0.39, 0.29) is 23.8 Å². The van der Waals surface area contributed by atoms with Gasteiger partial charge in [0, 0.05) is 19.5 Å². The molecule has 1 atom stereocenters. The monoisotopic (exact) mass is 611 g/mol. The number of hydrogen-bond donors (Lipinski definition) is 1. The van der Waals surface area contributed by atoms with Gasteiger partial charge in [-0.05, 0) is 79.3 Å². The quantitative estimate of drug-likeness (QED) is 0.202. The van der Waals surface area contributed by atoms with Crippen molar-refractivity contribution < 1.29 is 18.0 Å². The van der Waals surface area contributed by atoms with Gasteiger partial charge in [-0.3, -0.25) is 13.9 Å². The number of aryl methyl sites for hydroxylation is 3. The van der Waals surface area contributed by atoms with Crippen LogP contribution in [0.1, 0.15) is 41.2 Å². The Morgan fingerprint density at radius 3 is 2.05 bits per heavy atom. The molecule has 8 heteroatoms. The van der Waals surface area contributed by atoms with Crippen molar-refractivity contribution in [3.8, 4) is 0 Å². The van der Waals surface area contributed by atoms with E-state index in [9.17, 15) is 18.0 Å². The summed E-state index contributed by atoms with van der Waals surface area (Å²) in [5.41, 5.74) is 5.05. The van der Waals surface area contributed by atoms with Crippen LogP contribution in [0.2, 0.25) is 0 Å². The lowest BCUT2D eigenvalue weighted by molar-refractivity contribution is -0.140. The molecule has 0 radical (unpaired) electrons. The molecule has 7 nitrogen and oxygen atoms in total. The number of hydrogen-bond acceptors (Lipinski definition) is 4. The topological polar surface area (TPSA) is 86.8 Å². The Morgan fingerprint density at radius 1 is 0.773 bits per heavy atom. The molecule has 0 spiro atoms. The summed E-state index contributed by atoms with van der Waals surface area (Å²) in [6.07, 6.45) is 1.02. The second-order valence-corrected chi connectivity index (χ2v) is 12.9. The third-order valence-corrected chi connectivity index (χ3v) is 9.60. The fraction of sp³-hybridized carbons (Fsp3) is 0.278. The van der Waals surface area contributed by atoms with Crippen molar-refractivity contribution in [1.29, 1.82) is 0 Å². The van der Waals surface area contributed by atoms with Crippen LogP contribution in [0.5, 0.6) is 0 Å². The SMILES string of the molecule is CCCNC(=O)C(Cc1ccccc1)N(Cc1ccccc1C)C(=O)CN(c1ccc(C)c(C)c1)S(=O)(=O)c1ccccc1. The number of nitrogens with zero attached hydrogens (tertiary/aromatic N) is 2. The molecule has 4 rings (SSSR count). The van der Waals surface area contributed by atoms with Gasteiger partial charge < -0.3 is 10.2 Å². The van der Waals surface area contributed by atoms with Crippen LogP contribution in [0.25, 0.3) is 0 Å². The number of carbonyl (C=O) groups excluding carboxylic acids is 2. The second kappa shape index (κ2) is 14.8. The third kappa shape index (κ3) is 7.94. The number of benzene rings is 4. The molecule has 4 aromatic carbocycles. The number of amides is 2. The van der Waals surface area contributed by atoms with Gasteiger partial charge >= 0.3 is 0 Å². The Morgan fingerprint density at radius 2 is 1.41 bits per heavy atom. The highest BCUT2D eigenvalue weighted by Gasteiger charge is 2.34. The van der Waals surface area contributed by atoms with Gasteiger partial charge in [0.2, 0.25) is 11.8 Å². The van der Waals surface area contributed by atoms with E-state index in [2.05, 4.69) is 5.32 Å². The number of carbonyl (C=O) groups is 2. The average molecular weight is 612 g/mol. The molecule has 230 valence electrons. The summed E-state index contributed by atoms with van der Waals surface area (Å²) in [5.74, 6) is -0.750. The van der Waals surface area contributed by atoms with E-state index in [4.69, 9.17) is 0 Å². The first-order valence-electron chi connectivity index (χ1n) is 14.9. The van der Waals surface area contributed by atoms with Crippen molar-refractivity contribution >= 4 is 27.5 Å². The zero-order valence-corrected chi connectivity index (χ0v) is 26.7. The first-order valence-corrected chi connectivity index (χ1v) is 16.4. The van der Waals surface area contributed by atoms with Crippen LogP contribution in [0.4, 0.5) is 5.69 Å². The van der Waals surface area contributed by atoms with Gasteiger partial charge in [-0.1, -0.05) is 85.8 Å². The largest absolute Gasteiger partial charge is 0.354 e. The number of anilines is 1. The van der Waals surface area contributed by atoms with Crippen LogP contribution in [0, 0.1) is 20.8 Å². The summed E-state index contributed by atoms with van der Waals surface area (Å²) in [4.78, 5) is 29.9. The van der Waals surface area contributed by atoms with Gasteiger partial charge in [0.25, 0.3) is 10.0 Å². The molecule has 0 heterocycles. The van der Waals surface area contributed by atoms with E-state index in [1.807, 2.05) is 88.4 Å². The molecule has 0 fully saturated rings. The Labute approximate surface area is 261 Å². The molecule has 2 amide bonds. The van der Waals surface area contributed by atoms with Gasteiger partial charge in [-0.2, -0.15) is 0 Å². The summed E-state index contributed by atoms with van der Waals surface area (Å²) in [6.45, 7) is 7.93. The lowest BCUT2D eigenvalue weighted by Crippen LogP contribution is -2.53. The van der Waals surface area contributed by atoms with Gasteiger partial charge in [0.1, 0.15) is 12.6 Å². The first-order chi connectivity index (χ1) is 21.1. The molecule has 1 unspecified atom stereocenters. The van der Waals surface area contributed by atoms with Crippen LogP contribution in [-0.4, -0.2) is 44.3 Å². The van der Waals surface area contributed by atoms with Crippen LogP contribution in [0.15, 0.2) is 108 Å². The normalized spacial score (nSPS) is 11.9. The zero-order chi connectivity index (χ0) is 31.7. The van der Waals surface area contributed by atoms with E-state index in [0.717, 1.165) is 38.5 Å². The first kappa shape index (κ1) is 32.5. The van der Waals surface area contributed by atoms with Crippen LogP contribution < -0.4 is 9.62 Å². The second-order valence-electron chi connectivity index (χ2n) is 11.0. The molecule has 44 heavy (non-hydrogen) atoms. The van der Waals surface area contributed by atoms with Crippen LogP contribution >= 0.6 is 0 Å². The number of sulfonamides is 1. The summed E-state index contributed by atoms with van der Waals surface area (Å²) in [6, 6.07) is 29.9. The van der Waals surface area contributed by atoms with Crippen molar-refractivity contribution in [2.24, 2.45) is 0 Å². The van der Waals surface area contributed by atoms with E-state index in [0.29, 0.717) is 12.2 Å². The predicted molar refractivity (Wildman–Crippen MR) is 176 cm³/mol. The van der Waals surface area contributed by atoms with Crippen molar-refractivity contribution in [1.82, 2.24) is 10.2 Å². The highest BCUT2D eigenvalue weighted by atomic mass is 32.2. The van der Waals surface area contributed by atoms with Gasteiger partial charge in [-0.25, -0.2) is 8.42 Å². The molecular formula is C36H41N3O4S. The van der Waals surface area contributed by atoms with E-state index < -0.39 is 28.5 Å². The predicted octanol–water partition coefficient (Wildman–Crippen LogP) is 5.97. The van der Waals surface area contributed by atoms with Gasteiger partial charge in [-0.15, -0.1) is 0 Å². The van der Waals surface area contributed by atoms with Crippen molar-refractivity contribution in [2.75, 3.05) is 17.4 Å². The summed E-state index contributed by atoms with van der Waals surface area (Å²) in [5, 5.41) is 2.98. The molecule has 0 aliphatic rings.